The molecule has 25 heavy (non-hydrogen) atoms. The van der Waals surface area contributed by atoms with E-state index < -0.39 is 11.7 Å². The van der Waals surface area contributed by atoms with Gasteiger partial charge in [-0.2, -0.15) is 13.2 Å². The van der Waals surface area contributed by atoms with Crippen molar-refractivity contribution < 1.29 is 18.0 Å². The molecule has 0 unspecified atom stereocenters. The van der Waals surface area contributed by atoms with Crippen molar-refractivity contribution in [3.63, 3.8) is 0 Å². The Morgan fingerprint density at radius 1 is 1.16 bits per heavy atom. The number of allylic oxidation sites excluding steroid dienone is 2. The summed E-state index contributed by atoms with van der Waals surface area (Å²) in [5, 5.41) is 0. The number of benzene rings is 1. The Morgan fingerprint density at radius 2 is 1.64 bits per heavy atom. The van der Waals surface area contributed by atoms with Gasteiger partial charge in [0.2, 0.25) is 0 Å². The summed E-state index contributed by atoms with van der Waals surface area (Å²) in [5.74, 6) is 0.615. The summed E-state index contributed by atoms with van der Waals surface area (Å²) < 4.78 is 37.8. The predicted molar refractivity (Wildman–Crippen MR) is 97.2 cm³/mol. The second kappa shape index (κ2) is 10.0. The number of aliphatic imine (C=N–C) groups is 1. The highest BCUT2D eigenvalue weighted by atomic mass is 19.4. The van der Waals surface area contributed by atoms with Crippen molar-refractivity contribution in [2.24, 2.45) is 10.9 Å². The predicted octanol–water partition coefficient (Wildman–Crippen LogP) is 4.98. The molecular formula is C19H27F3N2O. The first-order valence-corrected chi connectivity index (χ1v) is 7.94. The first-order chi connectivity index (χ1) is 11.4. The minimum atomic E-state index is -4.40. The van der Waals surface area contributed by atoms with Crippen LogP contribution in [-0.4, -0.2) is 43.8 Å². The molecule has 6 heteroatoms. The van der Waals surface area contributed by atoms with Crippen molar-refractivity contribution in [3.8, 4) is 0 Å². The number of rotatable bonds is 3. The topological polar surface area (TPSA) is 32.7 Å². The largest absolute Gasteiger partial charge is 0.412 e. The van der Waals surface area contributed by atoms with Gasteiger partial charge >= 0.3 is 6.18 Å². The van der Waals surface area contributed by atoms with E-state index >= 15 is 0 Å². The normalized spacial score (nSPS) is 12.6. The highest BCUT2D eigenvalue weighted by Gasteiger charge is 2.30. The Hall–Kier alpha value is -2.11. The van der Waals surface area contributed by atoms with Gasteiger partial charge in [-0.05, 0) is 31.1 Å². The molecule has 0 aliphatic carbocycles. The number of alkyl halides is 3. The minimum Gasteiger partial charge on any atom is -0.345 e. The summed E-state index contributed by atoms with van der Waals surface area (Å²) in [5.41, 5.74) is 0.302. The number of amides is 1. The third kappa shape index (κ3) is 8.52. The molecule has 0 N–H and O–H groups in total. The highest BCUT2D eigenvalue weighted by Crippen LogP contribution is 2.25. The van der Waals surface area contributed by atoms with E-state index in [4.69, 9.17) is 0 Å². The Labute approximate surface area is 148 Å². The number of halogens is 3. The fourth-order valence-electron chi connectivity index (χ4n) is 1.63. The lowest BCUT2D eigenvalue weighted by atomic mass is 10.0. The molecule has 0 aliphatic heterocycles. The summed E-state index contributed by atoms with van der Waals surface area (Å²) in [4.78, 5) is 17.2. The fraction of sp³-hybridized carbons (Fsp3) is 0.474. The van der Waals surface area contributed by atoms with Gasteiger partial charge in [-0.1, -0.05) is 32.9 Å². The van der Waals surface area contributed by atoms with Gasteiger partial charge in [-0.15, -0.1) is 0 Å². The first kappa shape index (κ1) is 22.9. The molecular weight excluding hydrogens is 329 g/mol. The molecule has 0 radical (unpaired) electrons. The molecule has 0 aliphatic rings. The van der Waals surface area contributed by atoms with Gasteiger partial charge in [0, 0.05) is 37.8 Å². The number of carbonyl (C=O) groups excluding carboxylic acids is 1. The van der Waals surface area contributed by atoms with Crippen LogP contribution >= 0.6 is 0 Å². The molecule has 0 saturated carbocycles. The lowest BCUT2D eigenvalue weighted by Crippen LogP contribution is -2.21. The van der Waals surface area contributed by atoms with E-state index in [0.717, 1.165) is 18.9 Å². The van der Waals surface area contributed by atoms with Crippen molar-refractivity contribution in [2.45, 2.75) is 33.9 Å². The maximum Gasteiger partial charge on any atom is 0.412 e. The summed E-state index contributed by atoms with van der Waals surface area (Å²) in [6, 6.07) is 6.38. The lowest BCUT2D eigenvalue weighted by Gasteiger charge is -2.12. The molecule has 140 valence electrons. The zero-order valence-electron chi connectivity index (χ0n) is 15.9. The summed E-state index contributed by atoms with van der Waals surface area (Å²) >= 11 is 0. The molecule has 1 rings (SSSR count). The molecule has 0 aromatic heterocycles. The van der Waals surface area contributed by atoms with Crippen LogP contribution in [0.4, 0.5) is 13.2 Å². The average Bonchev–Trinajstić information content (AvgIpc) is 2.50. The fourth-order valence-corrected chi connectivity index (χ4v) is 1.63. The van der Waals surface area contributed by atoms with E-state index in [1.807, 2.05) is 0 Å². The van der Waals surface area contributed by atoms with Crippen LogP contribution in [0.25, 0.3) is 0 Å². The van der Waals surface area contributed by atoms with Crippen LogP contribution in [0.1, 0.15) is 43.6 Å². The first-order valence-electron chi connectivity index (χ1n) is 7.94. The third-order valence-corrected chi connectivity index (χ3v) is 2.85. The van der Waals surface area contributed by atoms with Crippen LogP contribution in [0.5, 0.6) is 0 Å². The smallest absolute Gasteiger partial charge is 0.345 e. The van der Waals surface area contributed by atoms with E-state index in [-0.39, 0.29) is 11.6 Å². The van der Waals surface area contributed by atoms with Crippen molar-refractivity contribution in [1.82, 2.24) is 4.90 Å². The van der Waals surface area contributed by atoms with Crippen LogP contribution in [-0.2, 0) is 0 Å². The van der Waals surface area contributed by atoms with Crippen molar-refractivity contribution in [2.75, 3.05) is 21.1 Å². The lowest BCUT2D eigenvalue weighted by molar-refractivity contribution is -0.0912. The van der Waals surface area contributed by atoms with E-state index in [1.165, 1.54) is 18.0 Å². The molecule has 0 atom stereocenters. The van der Waals surface area contributed by atoms with Gasteiger partial charge in [-0.25, -0.2) is 0 Å². The Kier molecular flexibility index (Phi) is 9.17. The molecule has 1 amide bonds. The zero-order valence-corrected chi connectivity index (χ0v) is 15.9. The van der Waals surface area contributed by atoms with Crippen LogP contribution in [0, 0.1) is 5.92 Å². The zero-order chi connectivity index (χ0) is 19.8. The Bertz CT molecular complexity index is 627. The minimum absolute atomic E-state index is 0.179. The van der Waals surface area contributed by atoms with Crippen molar-refractivity contribution >= 4 is 11.6 Å². The molecule has 0 saturated heterocycles. The molecule has 0 fully saturated rings. The van der Waals surface area contributed by atoms with E-state index in [2.05, 4.69) is 25.8 Å². The van der Waals surface area contributed by atoms with Crippen LogP contribution in [0.2, 0.25) is 0 Å². The van der Waals surface area contributed by atoms with Gasteiger partial charge in [0.05, 0.1) is 5.71 Å². The Balaban J connectivity index is 0.00000129. The molecule has 3 nitrogen and oxygen atoms in total. The molecule has 1 aromatic carbocycles. The second-order valence-electron chi connectivity index (χ2n) is 6.45. The summed E-state index contributed by atoms with van der Waals surface area (Å²) in [6.45, 7) is 7.49. The number of hydrogen-bond acceptors (Lipinski definition) is 2. The summed E-state index contributed by atoms with van der Waals surface area (Å²) in [6.07, 6.45) is -3.42. The van der Waals surface area contributed by atoms with E-state index in [1.54, 1.807) is 32.3 Å². The van der Waals surface area contributed by atoms with Gasteiger partial charge in [0.15, 0.2) is 0 Å². The monoisotopic (exact) mass is 356 g/mol. The average molecular weight is 356 g/mol. The van der Waals surface area contributed by atoms with Gasteiger partial charge in [-0.3, -0.25) is 9.79 Å². The molecule has 0 heterocycles. The van der Waals surface area contributed by atoms with Crippen molar-refractivity contribution in [3.05, 3.63) is 47.0 Å². The number of hydrogen-bond donors (Lipinski definition) is 0. The second-order valence-corrected chi connectivity index (χ2v) is 6.45. The van der Waals surface area contributed by atoms with Gasteiger partial charge in [0.25, 0.3) is 5.91 Å². The molecule has 0 bridgehead atoms. The standard InChI is InChI=1S/C15H17F3N2O.C4H10/c1-10(15(16,17)18)8-13(19-2)11-6-5-7-12(9-11)14(21)20(3)4;1-4(2)3/h5-9H,1-4H3;4H,1-3H3/b10-8+,19-13?;. The van der Waals surface area contributed by atoms with Gasteiger partial charge in [0.1, 0.15) is 0 Å². The number of nitrogens with zero attached hydrogens (tertiary/aromatic N) is 2. The molecule has 0 spiro atoms. The van der Waals surface area contributed by atoms with Crippen molar-refractivity contribution in [1.29, 1.82) is 0 Å². The van der Waals surface area contributed by atoms with Crippen LogP contribution in [0.15, 0.2) is 40.9 Å². The summed E-state index contributed by atoms with van der Waals surface area (Å²) in [7, 11) is 4.63. The Morgan fingerprint density at radius 3 is 2.04 bits per heavy atom. The highest BCUT2D eigenvalue weighted by molar-refractivity contribution is 6.10. The number of carbonyl (C=O) groups is 1. The molecule has 1 aromatic rings. The van der Waals surface area contributed by atoms with E-state index in [0.29, 0.717) is 11.1 Å². The third-order valence-electron chi connectivity index (χ3n) is 2.85. The quantitative estimate of drug-likeness (QED) is 0.703. The maximum atomic E-state index is 12.6. The van der Waals surface area contributed by atoms with Crippen LogP contribution in [0.3, 0.4) is 0 Å². The van der Waals surface area contributed by atoms with Crippen LogP contribution < -0.4 is 0 Å². The maximum absolute atomic E-state index is 12.6. The SMILES string of the molecule is CC(C)C.CN=C(/C=C(\C)C(F)(F)F)c1cccc(C(=O)N(C)C)c1. The van der Waals surface area contributed by atoms with E-state index in [9.17, 15) is 18.0 Å². The van der Waals surface area contributed by atoms with Gasteiger partial charge < -0.3 is 4.90 Å².